The Morgan fingerprint density at radius 1 is 1.04 bits per heavy atom. The number of benzene rings is 3. The Kier molecular flexibility index (Phi) is 11.5. The summed E-state index contributed by atoms with van der Waals surface area (Å²) >= 11 is 0. The van der Waals surface area contributed by atoms with Crippen molar-refractivity contribution >= 4 is 40.2 Å². The van der Waals surface area contributed by atoms with Crippen LogP contribution in [-0.4, -0.2) is 76.7 Å². The monoisotopic (exact) mass is 721 g/mol. The van der Waals surface area contributed by atoms with Gasteiger partial charge in [0.05, 0.1) is 36.6 Å². The molecule has 8 atom stereocenters. The van der Waals surface area contributed by atoms with Gasteiger partial charge in [-0.15, -0.1) is 13.2 Å². The molecule has 3 fully saturated rings. The highest BCUT2D eigenvalue weighted by atomic mass is 16.6. The van der Waals surface area contributed by atoms with Gasteiger partial charge in [0.15, 0.2) is 0 Å². The quantitative estimate of drug-likeness (QED) is 0.140. The molecule has 3 amide bonds. The zero-order valence-electron chi connectivity index (χ0n) is 30.9. The number of aliphatic hydroxyl groups is 1. The lowest BCUT2D eigenvalue weighted by molar-refractivity contribution is -0.162. The molecule has 10 heteroatoms. The Morgan fingerprint density at radius 3 is 2.43 bits per heavy atom. The summed E-state index contributed by atoms with van der Waals surface area (Å²) in [4.78, 5) is 60.4. The molecule has 1 spiro atoms. The highest BCUT2D eigenvalue weighted by Crippen LogP contribution is 2.59. The Balaban J connectivity index is 1.37. The van der Waals surface area contributed by atoms with Gasteiger partial charge in [-0.1, -0.05) is 86.7 Å². The summed E-state index contributed by atoms with van der Waals surface area (Å²) < 4.78 is 13.0. The van der Waals surface area contributed by atoms with Crippen LogP contribution in [0.4, 0.5) is 5.69 Å². The summed E-state index contributed by atoms with van der Waals surface area (Å²) in [5.41, 5.74) is 0.0237. The van der Waals surface area contributed by atoms with Gasteiger partial charge in [0, 0.05) is 18.7 Å². The fraction of sp³-hybridized carbons (Fsp3) is 0.442. The molecular formula is C43H51N3O7. The van der Waals surface area contributed by atoms with Crippen LogP contribution in [0.5, 0.6) is 0 Å². The summed E-state index contributed by atoms with van der Waals surface area (Å²) in [5.74, 6) is -3.46. The minimum atomic E-state index is -1.31. The molecule has 0 unspecified atom stereocenters. The fourth-order valence-electron chi connectivity index (χ4n) is 8.74. The molecule has 0 radical (unpaired) electrons. The van der Waals surface area contributed by atoms with Crippen LogP contribution in [0.25, 0.3) is 10.8 Å². The van der Waals surface area contributed by atoms with Gasteiger partial charge in [0.1, 0.15) is 17.7 Å². The zero-order chi connectivity index (χ0) is 37.9. The molecule has 3 aliphatic rings. The highest BCUT2D eigenvalue weighted by molar-refractivity contribution is 6.05. The summed E-state index contributed by atoms with van der Waals surface area (Å²) in [6, 6.07) is 20.5. The number of carbonyl (C=O) groups excluding carboxylic acids is 4. The summed E-state index contributed by atoms with van der Waals surface area (Å²) in [6.07, 6.45) is 3.88. The lowest BCUT2D eigenvalue weighted by Gasteiger charge is -2.39. The average molecular weight is 722 g/mol. The zero-order valence-corrected chi connectivity index (χ0v) is 30.9. The molecule has 2 bridgehead atoms. The number of anilines is 1. The number of hydrogen-bond acceptors (Lipinski definition) is 7. The van der Waals surface area contributed by atoms with Crippen LogP contribution < -0.4 is 10.2 Å². The van der Waals surface area contributed by atoms with Gasteiger partial charge in [-0.05, 0) is 67.0 Å². The first-order valence-electron chi connectivity index (χ1n) is 18.7. The smallest absolute Gasteiger partial charge is 0.313 e. The number of nitrogens with zero attached hydrogens (tertiary/aromatic N) is 2. The predicted molar refractivity (Wildman–Crippen MR) is 204 cm³/mol. The summed E-state index contributed by atoms with van der Waals surface area (Å²) in [6.45, 7) is 13.2. The molecule has 3 aromatic rings. The number of amides is 3. The van der Waals surface area contributed by atoms with Crippen LogP contribution in [0.15, 0.2) is 98.1 Å². The number of allylic oxidation sites excluding steroid dienone is 1. The highest BCUT2D eigenvalue weighted by Gasteiger charge is 2.75. The van der Waals surface area contributed by atoms with E-state index in [0.29, 0.717) is 36.9 Å². The summed E-state index contributed by atoms with van der Waals surface area (Å²) in [7, 11) is 0. The van der Waals surface area contributed by atoms with E-state index >= 15 is 4.79 Å². The maximum Gasteiger partial charge on any atom is 0.313 e. The topological polar surface area (TPSA) is 125 Å². The third-order valence-corrected chi connectivity index (χ3v) is 11.0. The van der Waals surface area contributed by atoms with Crippen LogP contribution in [0, 0.1) is 17.8 Å². The second kappa shape index (κ2) is 16.1. The first-order chi connectivity index (χ1) is 25.5. The van der Waals surface area contributed by atoms with Crippen molar-refractivity contribution in [2.24, 2.45) is 17.8 Å². The molecule has 6 rings (SSSR count). The minimum absolute atomic E-state index is 0.103. The second-order valence-corrected chi connectivity index (χ2v) is 15.0. The lowest BCUT2D eigenvalue weighted by atomic mass is 9.70. The van der Waals surface area contributed by atoms with Crippen LogP contribution >= 0.6 is 0 Å². The molecule has 3 saturated heterocycles. The van der Waals surface area contributed by atoms with Crippen molar-refractivity contribution in [3.05, 3.63) is 104 Å². The Labute approximate surface area is 311 Å². The predicted octanol–water partition coefficient (Wildman–Crippen LogP) is 5.90. The van der Waals surface area contributed by atoms with E-state index in [0.717, 1.165) is 10.8 Å². The second-order valence-electron chi connectivity index (χ2n) is 15.0. The third kappa shape index (κ3) is 7.27. The van der Waals surface area contributed by atoms with E-state index in [1.54, 1.807) is 24.0 Å². The molecule has 53 heavy (non-hydrogen) atoms. The van der Waals surface area contributed by atoms with Crippen LogP contribution in [-0.2, 0) is 28.7 Å². The molecule has 3 aromatic carbocycles. The van der Waals surface area contributed by atoms with Crippen LogP contribution in [0.1, 0.15) is 64.5 Å². The number of ether oxygens (including phenoxy) is 2. The maximum atomic E-state index is 15.1. The van der Waals surface area contributed by atoms with Crippen molar-refractivity contribution in [1.82, 2.24) is 10.2 Å². The van der Waals surface area contributed by atoms with Crippen molar-refractivity contribution in [3.63, 3.8) is 0 Å². The number of nitrogens with one attached hydrogen (secondary N) is 1. The molecule has 0 aliphatic carbocycles. The van der Waals surface area contributed by atoms with Gasteiger partial charge in [-0.25, -0.2) is 0 Å². The molecule has 0 saturated carbocycles. The molecular weight excluding hydrogens is 670 g/mol. The minimum Gasteiger partial charge on any atom is -0.455 e. The van der Waals surface area contributed by atoms with E-state index < -0.39 is 59.6 Å². The van der Waals surface area contributed by atoms with Gasteiger partial charge in [0.25, 0.3) is 5.91 Å². The number of rotatable bonds is 16. The third-order valence-electron chi connectivity index (χ3n) is 11.0. The van der Waals surface area contributed by atoms with E-state index in [2.05, 4.69) is 18.5 Å². The van der Waals surface area contributed by atoms with E-state index in [1.807, 2.05) is 86.6 Å². The SMILES string of the molecule is C=CCCC(=O)N[C@H](C)[C@@H](OC(=O)[C@@H]1[C@@H]2CC[C@]3(O2)[C@H](C(=O)N(CC=C)c2ccc4ccccc4c2)N([C@@H](CO)CC(C)C)C(=O)[C@@H]13)c1ccccc1. The van der Waals surface area contributed by atoms with Gasteiger partial charge in [-0.3, -0.25) is 19.2 Å². The number of fused-ring (bicyclic) bond motifs is 2. The molecule has 3 aliphatic heterocycles. The van der Waals surface area contributed by atoms with E-state index in [-0.39, 0.29) is 37.3 Å². The first kappa shape index (κ1) is 37.9. The van der Waals surface area contributed by atoms with Crippen molar-refractivity contribution in [2.75, 3.05) is 18.1 Å². The number of aliphatic hydroxyl groups excluding tert-OH is 1. The molecule has 3 heterocycles. The first-order valence-corrected chi connectivity index (χ1v) is 18.7. The molecule has 2 N–H and O–H groups in total. The van der Waals surface area contributed by atoms with Gasteiger partial charge < -0.3 is 29.7 Å². The fourth-order valence-corrected chi connectivity index (χ4v) is 8.74. The van der Waals surface area contributed by atoms with E-state index in [1.165, 1.54) is 4.90 Å². The molecule has 280 valence electrons. The molecule has 10 nitrogen and oxygen atoms in total. The lowest BCUT2D eigenvalue weighted by Crippen LogP contribution is -2.59. The molecule has 0 aromatic heterocycles. The number of esters is 1. The van der Waals surface area contributed by atoms with Gasteiger partial charge in [-0.2, -0.15) is 0 Å². The standard InChI is InChI=1S/C43H51N3O7/c1-6-8-18-35(48)44-28(5)38(30-15-10-9-11-16-30)52-42(51)36-34-21-22-43(53-34)37(36)40(49)46(33(26-47)24-27(3)4)39(43)41(50)45(23-7-2)32-20-19-29-14-12-13-17-31(29)25-32/h6-7,9-17,19-20,25,27-28,33-34,36-39,47H,1-2,8,18,21-24,26H2,3-5H3,(H,44,48)/t28-,33-,34+,36-,37-,38-,39+,43-/m1/s1. The van der Waals surface area contributed by atoms with E-state index in [4.69, 9.17) is 9.47 Å². The average Bonchev–Trinajstić information content (AvgIpc) is 3.81. The van der Waals surface area contributed by atoms with E-state index in [9.17, 15) is 19.5 Å². The van der Waals surface area contributed by atoms with Crippen molar-refractivity contribution in [1.29, 1.82) is 0 Å². The number of carbonyl (C=O) groups is 4. The van der Waals surface area contributed by atoms with Gasteiger partial charge in [0.2, 0.25) is 11.8 Å². The maximum absolute atomic E-state index is 15.1. The van der Waals surface area contributed by atoms with Crippen LogP contribution in [0.2, 0.25) is 0 Å². The van der Waals surface area contributed by atoms with Crippen molar-refractivity contribution < 1.29 is 33.8 Å². The van der Waals surface area contributed by atoms with Crippen LogP contribution in [0.3, 0.4) is 0 Å². The number of likely N-dealkylation sites (tertiary alicyclic amines) is 1. The Hall–Kier alpha value is -4.80. The normalized spacial score (nSPS) is 24.8. The van der Waals surface area contributed by atoms with Crippen molar-refractivity contribution in [3.8, 4) is 0 Å². The Bertz CT molecular complexity index is 1850. The Morgan fingerprint density at radius 2 is 1.75 bits per heavy atom. The van der Waals surface area contributed by atoms with Crippen molar-refractivity contribution in [2.45, 2.75) is 88.8 Å². The van der Waals surface area contributed by atoms with Gasteiger partial charge >= 0.3 is 5.97 Å². The number of hydrogen-bond donors (Lipinski definition) is 2. The largest absolute Gasteiger partial charge is 0.455 e. The summed E-state index contributed by atoms with van der Waals surface area (Å²) in [5, 5.41) is 15.7.